The van der Waals surface area contributed by atoms with E-state index in [1.807, 2.05) is 0 Å². The van der Waals surface area contributed by atoms with Crippen molar-refractivity contribution in [1.82, 2.24) is 10.3 Å². The molecule has 0 aliphatic heterocycles. The number of alkyl halides is 3. The monoisotopic (exact) mass is 292 g/mol. The van der Waals surface area contributed by atoms with Crippen molar-refractivity contribution in [2.75, 3.05) is 6.54 Å². The summed E-state index contributed by atoms with van der Waals surface area (Å²) in [4.78, 5) is 24.9. The van der Waals surface area contributed by atoms with E-state index in [9.17, 15) is 22.8 Å². The number of carbonyl (C=O) groups is 2. The van der Waals surface area contributed by atoms with Gasteiger partial charge in [0.25, 0.3) is 5.91 Å². The van der Waals surface area contributed by atoms with Crippen molar-refractivity contribution < 1.29 is 33.0 Å². The van der Waals surface area contributed by atoms with Crippen molar-refractivity contribution in [2.24, 2.45) is 0 Å². The fourth-order valence-electron chi connectivity index (χ4n) is 1.24. The van der Waals surface area contributed by atoms with Crippen molar-refractivity contribution in [2.45, 2.75) is 18.7 Å². The number of nitrogens with zero attached hydrogens (tertiary/aromatic N) is 1. The van der Waals surface area contributed by atoms with E-state index in [2.05, 4.69) is 10.3 Å². The normalized spacial score (nSPS) is 12.8. The second kappa shape index (κ2) is 6.33. The minimum Gasteiger partial charge on any atom is -0.479 e. The summed E-state index contributed by atoms with van der Waals surface area (Å²) in [6, 6.07) is 1.62. The number of halogens is 3. The summed E-state index contributed by atoms with van der Waals surface area (Å²) in [5.74, 6) is -2.13. The number of aromatic nitrogens is 1. The Kier molecular flexibility index (Phi) is 5.03. The first kappa shape index (κ1) is 15.9. The standard InChI is InChI=1S/C11H11F3N2O4/c12-11(13,14)8-2-1-6(5-16-8)9(18)15-4-3-7(17)10(19)20/h1-2,5,7,17H,3-4H2,(H,15,18)(H,19,20). The van der Waals surface area contributed by atoms with Crippen LogP contribution < -0.4 is 5.32 Å². The fourth-order valence-corrected chi connectivity index (χ4v) is 1.24. The zero-order valence-electron chi connectivity index (χ0n) is 10.0. The summed E-state index contributed by atoms with van der Waals surface area (Å²) in [6.45, 7) is -0.132. The van der Waals surface area contributed by atoms with Gasteiger partial charge in [0.1, 0.15) is 5.69 Å². The number of nitrogens with one attached hydrogen (secondary N) is 1. The van der Waals surface area contributed by atoms with E-state index in [1.54, 1.807) is 0 Å². The van der Waals surface area contributed by atoms with Crippen molar-refractivity contribution >= 4 is 11.9 Å². The molecule has 0 spiro atoms. The Labute approximate surface area is 111 Å². The molecule has 3 N–H and O–H groups in total. The average molecular weight is 292 g/mol. The predicted molar refractivity (Wildman–Crippen MR) is 59.8 cm³/mol. The predicted octanol–water partition coefficient (Wildman–Crippen LogP) is 0.666. The Hall–Kier alpha value is -2.16. The first-order chi connectivity index (χ1) is 9.21. The summed E-state index contributed by atoms with van der Waals surface area (Å²) < 4.78 is 36.7. The number of aliphatic carboxylic acids is 1. The molecule has 1 atom stereocenters. The molecule has 1 aromatic rings. The lowest BCUT2D eigenvalue weighted by molar-refractivity contribution is -0.146. The molecule has 0 fully saturated rings. The van der Waals surface area contributed by atoms with E-state index in [0.717, 1.165) is 12.3 Å². The van der Waals surface area contributed by atoms with Gasteiger partial charge < -0.3 is 15.5 Å². The number of carboxylic acids is 1. The lowest BCUT2D eigenvalue weighted by Gasteiger charge is -2.08. The molecule has 0 aliphatic carbocycles. The Morgan fingerprint density at radius 3 is 2.45 bits per heavy atom. The number of aliphatic hydroxyl groups excluding tert-OH is 1. The van der Waals surface area contributed by atoms with Crippen LogP contribution in [0.4, 0.5) is 13.2 Å². The van der Waals surface area contributed by atoms with Crippen molar-refractivity contribution in [3.63, 3.8) is 0 Å². The first-order valence-electron chi connectivity index (χ1n) is 5.44. The van der Waals surface area contributed by atoms with Gasteiger partial charge in [0.2, 0.25) is 0 Å². The maximum Gasteiger partial charge on any atom is 0.433 e. The SMILES string of the molecule is O=C(NCCC(O)C(=O)O)c1ccc(C(F)(F)F)nc1. The molecule has 0 aliphatic rings. The number of hydrogen-bond acceptors (Lipinski definition) is 4. The van der Waals surface area contributed by atoms with Gasteiger partial charge in [-0.15, -0.1) is 0 Å². The topological polar surface area (TPSA) is 99.5 Å². The molecule has 1 unspecified atom stereocenters. The van der Waals surface area contributed by atoms with Gasteiger partial charge in [0.15, 0.2) is 6.10 Å². The first-order valence-corrected chi connectivity index (χ1v) is 5.44. The Morgan fingerprint density at radius 1 is 1.35 bits per heavy atom. The van der Waals surface area contributed by atoms with Crippen LogP contribution in [0.15, 0.2) is 18.3 Å². The zero-order chi connectivity index (χ0) is 15.3. The molecule has 0 saturated carbocycles. The maximum atomic E-state index is 12.2. The van der Waals surface area contributed by atoms with E-state index < -0.39 is 29.9 Å². The summed E-state index contributed by atoms with van der Waals surface area (Å²) in [5, 5.41) is 19.6. The molecular weight excluding hydrogens is 281 g/mol. The van der Waals surface area contributed by atoms with E-state index in [0.29, 0.717) is 6.07 Å². The van der Waals surface area contributed by atoms with Crippen molar-refractivity contribution in [3.05, 3.63) is 29.6 Å². The minimum absolute atomic E-state index is 0.0946. The fraction of sp³-hybridized carbons (Fsp3) is 0.364. The van der Waals surface area contributed by atoms with Gasteiger partial charge in [-0.05, 0) is 12.1 Å². The Morgan fingerprint density at radius 2 is 2.00 bits per heavy atom. The highest BCUT2D eigenvalue weighted by molar-refractivity contribution is 5.93. The van der Waals surface area contributed by atoms with Crippen molar-refractivity contribution in [1.29, 1.82) is 0 Å². The molecule has 1 heterocycles. The quantitative estimate of drug-likeness (QED) is 0.740. The molecule has 20 heavy (non-hydrogen) atoms. The molecule has 6 nitrogen and oxygen atoms in total. The molecule has 0 saturated heterocycles. The zero-order valence-corrected chi connectivity index (χ0v) is 10.0. The molecule has 0 aromatic carbocycles. The minimum atomic E-state index is -4.58. The summed E-state index contributed by atoms with van der Waals surface area (Å²) in [5.41, 5.74) is -1.21. The van der Waals surface area contributed by atoms with E-state index >= 15 is 0 Å². The second-order valence-corrected chi connectivity index (χ2v) is 3.83. The van der Waals surface area contributed by atoms with Crippen LogP contribution in [0.1, 0.15) is 22.5 Å². The molecule has 9 heteroatoms. The van der Waals surface area contributed by atoms with Crippen molar-refractivity contribution in [3.8, 4) is 0 Å². The largest absolute Gasteiger partial charge is 0.479 e. The van der Waals surface area contributed by atoms with Gasteiger partial charge in [0.05, 0.1) is 5.56 Å². The van der Waals surface area contributed by atoms with Crippen LogP contribution in [-0.4, -0.2) is 39.7 Å². The lowest BCUT2D eigenvalue weighted by atomic mass is 10.2. The maximum absolute atomic E-state index is 12.2. The average Bonchev–Trinajstić information content (AvgIpc) is 2.37. The Bertz CT molecular complexity index is 487. The van der Waals surface area contributed by atoms with Crippen LogP contribution in [-0.2, 0) is 11.0 Å². The van der Waals surface area contributed by atoms with E-state index in [4.69, 9.17) is 10.2 Å². The van der Waals surface area contributed by atoms with Crippen LogP contribution in [0, 0.1) is 0 Å². The molecule has 1 amide bonds. The highest BCUT2D eigenvalue weighted by Crippen LogP contribution is 2.27. The number of hydrogen-bond donors (Lipinski definition) is 3. The number of amides is 1. The highest BCUT2D eigenvalue weighted by atomic mass is 19.4. The molecule has 1 rings (SSSR count). The van der Waals surface area contributed by atoms with Crippen LogP contribution >= 0.6 is 0 Å². The third kappa shape index (κ3) is 4.50. The van der Waals surface area contributed by atoms with Gasteiger partial charge >= 0.3 is 12.1 Å². The number of aliphatic hydroxyl groups is 1. The third-order valence-corrected chi connectivity index (χ3v) is 2.30. The smallest absolute Gasteiger partial charge is 0.433 e. The number of carbonyl (C=O) groups excluding carboxylic acids is 1. The third-order valence-electron chi connectivity index (χ3n) is 2.30. The summed E-state index contributed by atoms with van der Waals surface area (Å²) >= 11 is 0. The van der Waals surface area contributed by atoms with Crippen LogP contribution in [0.2, 0.25) is 0 Å². The number of pyridine rings is 1. The van der Waals surface area contributed by atoms with Crippen LogP contribution in [0.25, 0.3) is 0 Å². The van der Waals surface area contributed by atoms with E-state index in [1.165, 1.54) is 0 Å². The lowest BCUT2D eigenvalue weighted by Crippen LogP contribution is -2.30. The van der Waals surface area contributed by atoms with E-state index in [-0.39, 0.29) is 18.5 Å². The van der Waals surface area contributed by atoms with Crippen LogP contribution in [0.3, 0.4) is 0 Å². The Balaban J connectivity index is 2.54. The number of rotatable bonds is 5. The van der Waals surface area contributed by atoms with Gasteiger partial charge in [-0.1, -0.05) is 0 Å². The van der Waals surface area contributed by atoms with Crippen LogP contribution in [0.5, 0.6) is 0 Å². The molecule has 110 valence electrons. The molecule has 0 bridgehead atoms. The highest BCUT2D eigenvalue weighted by Gasteiger charge is 2.32. The van der Waals surface area contributed by atoms with Gasteiger partial charge in [-0.25, -0.2) is 4.79 Å². The van der Waals surface area contributed by atoms with Gasteiger partial charge in [0, 0.05) is 19.2 Å². The summed E-state index contributed by atoms with van der Waals surface area (Å²) in [6.07, 6.45) is -5.64. The van der Waals surface area contributed by atoms with Gasteiger partial charge in [-0.2, -0.15) is 13.2 Å². The van der Waals surface area contributed by atoms with Gasteiger partial charge in [-0.3, -0.25) is 9.78 Å². The second-order valence-electron chi connectivity index (χ2n) is 3.83. The number of carboxylic acid groups (broad SMARTS) is 1. The molecular formula is C11H11F3N2O4. The molecule has 1 aromatic heterocycles. The molecule has 0 radical (unpaired) electrons. The summed E-state index contributed by atoms with van der Waals surface area (Å²) in [7, 11) is 0.